The fraction of sp³-hybridized carbons (Fsp3) is 0.364. The van der Waals surface area contributed by atoms with Crippen molar-refractivity contribution in [1.29, 1.82) is 0 Å². The number of nitrogens with zero attached hydrogens (tertiary/aromatic N) is 2. The molecule has 1 fully saturated rings. The van der Waals surface area contributed by atoms with E-state index < -0.39 is 23.2 Å². The average Bonchev–Trinajstić information content (AvgIpc) is 2.57. The van der Waals surface area contributed by atoms with Crippen LogP contribution in [0.3, 0.4) is 0 Å². The number of halogens is 1. The first kappa shape index (κ1) is 11.5. The van der Waals surface area contributed by atoms with Crippen molar-refractivity contribution < 1.29 is 14.0 Å². The summed E-state index contributed by atoms with van der Waals surface area (Å²) < 4.78 is 13.1. The number of nitrogens with two attached hydrogens (primary N) is 1. The molecule has 0 spiro atoms. The van der Waals surface area contributed by atoms with Crippen LogP contribution in [0, 0.1) is 5.95 Å². The normalized spacial score (nSPS) is 24.1. The van der Waals surface area contributed by atoms with E-state index in [1.165, 1.54) is 17.0 Å². The Labute approximate surface area is 97.4 Å². The van der Waals surface area contributed by atoms with E-state index >= 15 is 0 Å². The second kappa shape index (κ2) is 3.80. The van der Waals surface area contributed by atoms with E-state index in [0.717, 1.165) is 6.07 Å². The third kappa shape index (κ3) is 1.56. The maximum Gasteiger partial charge on any atom is 0.244 e. The number of likely N-dealkylation sites (tertiary alicyclic amines) is 1. The molecule has 1 unspecified atom stereocenters. The van der Waals surface area contributed by atoms with Crippen molar-refractivity contribution in [3.05, 3.63) is 29.8 Å². The summed E-state index contributed by atoms with van der Waals surface area (Å²) in [6.07, 6.45) is 0.230. The van der Waals surface area contributed by atoms with Gasteiger partial charge in [-0.1, -0.05) is 6.07 Å². The van der Waals surface area contributed by atoms with Gasteiger partial charge < -0.3 is 10.6 Å². The van der Waals surface area contributed by atoms with Gasteiger partial charge in [0.2, 0.25) is 17.8 Å². The molecule has 2 amide bonds. The van der Waals surface area contributed by atoms with Gasteiger partial charge in [0.15, 0.2) is 5.41 Å². The van der Waals surface area contributed by atoms with E-state index in [9.17, 15) is 14.0 Å². The molecule has 0 aromatic carbocycles. The minimum atomic E-state index is -1.52. The summed E-state index contributed by atoms with van der Waals surface area (Å²) in [5.41, 5.74) is 3.88. The lowest BCUT2D eigenvalue weighted by molar-refractivity contribution is -0.138. The molecule has 1 saturated heterocycles. The topological polar surface area (TPSA) is 76.3 Å². The molecule has 6 heteroatoms. The van der Waals surface area contributed by atoms with Gasteiger partial charge >= 0.3 is 0 Å². The van der Waals surface area contributed by atoms with Crippen LogP contribution < -0.4 is 5.73 Å². The molecule has 1 aliphatic rings. The Hall–Kier alpha value is -1.98. The minimum Gasteiger partial charge on any atom is -0.368 e. The molecule has 90 valence electrons. The molecule has 1 aromatic heterocycles. The smallest absolute Gasteiger partial charge is 0.244 e. The first-order valence-corrected chi connectivity index (χ1v) is 5.17. The van der Waals surface area contributed by atoms with E-state index in [4.69, 9.17) is 5.73 Å². The minimum absolute atomic E-state index is 0.0827. The second-order valence-corrected chi connectivity index (χ2v) is 4.09. The summed E-state index contributed by atoms with van der Waals surface area (Å²) in [7, 11) is 1.58. The highest BCUT2D eigenvalue weighted by atomic mass is 19.1. The lowest BCUT2D eigenvalue weighted by Crippen LogP contribution is -2.48. The zero-order valence-electron chi connectivity index (χ0n) is 9.31. The quantitative estimate of drug-likeness (QED) is 0.572. The molecule has 1 aromatic rings. The molecule has 2 heterocycles. The largest absolute Gasteiger partial charge is 0.368 e. The van der Waals surface area contributed by atoms with Gasteiger partial charge in [0.05, 0.1) is 5.69 Å². The number of carbonyl (C=O) groups excluding carboxylic acids is 2. The van der Waals surface area contributed by atoms with E-state index in [0.29, 0.717) is 6.54 Å². The number of likely N-dealkylation sites (N-methyl/N-ethyl adjacent to an activating group) is 1. The fourth-order valence-electron chi connectivity index (χ4n) is 2.11. The van der Waals surface area contributed by atoms with Crippen molar-refractivity contribution in [1.82, 2.24) is 9.88 Å². The van der Waals surface area contributed by atoms with Crippen LogP contribution in [-0.2, 0) is 15.0 Å². The predicted octanol–water partition coefficient (Wildman–Crippen LogP) is -0.194. The Morgan fingerprint density at radius 1 is 1.59 bits per heavy atom. The molecule has 17 heavy (non-hydrogen) atoms. The zero-order chi connectivity index (χ0) is 12.6. The number of amides is 2. The maximum atomic E-state index is 13.1. The monoisotopic (exact) mass is 237 g/mol. The highest BCUT2D eigenvalue weighted by Gasteiger charge is 2.53. The standard InChI is InChI=1S/C11H12FN3O2/c1-15-6-5-11(9(13)16,10(15)17)7-3-2-4-8(12)14-7/h2-4H,5-6H2,1H3,(H2,13,16). The van der Waals surface area contributed by atoms with Gasteiger partial charge in [-0.15, -0.1) is 0 Å². The van der Waals surface area contributed by atoms with Crippen LogP contribution >= 0.6 is 0 Å². The molecule has 0 aliphatic carbocycles. The second-order valence-electron chi connectivity index (χ2n) is 4.09. The summed E-state index contributed by atoms with van der Waals surface area (Å²) in [5, 5.41) is 0. The van der Waals surface area contributed by atoms with E-state index in [2.05, 4.69) is 4.98 Å². The first-order chi connectivity index (χ1) is 7.98. The van der Waals surface area contributed by atoms with E-state index in [1.807, 2.05) is 0 Å². The summed E-state index contributed by atoms with van der Waals surface area (Å²) >= 11 is 0. The van der Waals surface area contributed by atoms with E-state index in [-0.39, 0.29) is 12.1 Å². The first-order valence-electron chi connectivity index (χ1n) is 5.17. The number of pyridine rings is 1. The molecule has 5 nitrogen and oxygen atoms in total. The molecule has 2 rings (SSSR count). The Kier molecular flexibility index (Phi) is 2.57. The number of hydrogen-bond donors (Lipinski definition) is 1. The molecule has 0 radical (unpaired) electrons. The van der Waals surface area contributed by atoms with Crippen molar-refractivity contribution in [2.45, 2.75) is 11.8 Å². The Morgan fingerprint density at radius 3 is 2.76 bits per heavy atom. The molecular weight excluding hydrogens is 225 g/mol. The van der Waals surface area contributed by atoms with Crippen molar-refractivity contribution in [3.8, 4) is 0 Å². The molecule has 1 aliphatic heterocycles. The Morgan fingerprint density at radius 2 is 2.29 bits per heavy atom. The van der Waals surface area contributed by atoms with Crippen molar-refractivity contribution in [3.63, 3.8) is 0 Å². The molecule has 2 N–H and O–H groups in total. The predicted molar refractivity (Wildman–Crippen MR) is 57.3 cm³/mol. The molecular formula is C11H12FN3O2. The fourth-order valence-corrected chi connectivity index (χ4v) is 2.11. The van der Waals surface area contributed by atoms with Crippen LogP contribution in [0.2, 0.25) is 0 Å². The Balaban J connectivity index is 2.57. The van der Waals surface area contributed by atoms with Crippen LogP contribution in [0.4, 0.5) is 4.39 Å². The highest BCUT2D eigenvalue weighted by Crippen LogP contribution is 2.33. The lowest BCUT2D eigenvalue weighted by atomic mass is 9.81. The van der Waals surface area contributed by atoms with Gasteiger partial charge in [0, 0.05) is 13.6 Å². The van der Waals surface area contributed by atoms with Crippen LogP contribution in [0.1, 0.15) is 12.1 Å². The van der Waals surface area contributed by atoms with Gasteiger partial charge in [-0.25, -0.2) is 4.98 Å². The van der Waals surface area contributed by atoms with Crippen LogP contribution in [0.25, 0.3) is 0 Å². The van der Waals surface area contributed by atoms with Crippen LogP contribution in [0.15, 0.2) is 18.2 Å². The summed E-state index contributed by atoms with van der Waals surface area (Å²) in [5.74, 6) is -1.95. The van der Waals surface area contributed by atoms with Gasteiger partial charge in [-0.2, -0.15) is 4.39 Å². The van der Waals surface area contributed by atoms with Crippen molar-refractivity contribution >= 4 is 11.8 Å². The molecule has 0 bridgehead atoms. The van der Waals surface area contributed by atoms with Gasteiger partial charge in [-0.3, -0.25) is 9.59 Å². The zero-order valence-corrected chi connectivity index (χ0v) is 9.31. The van der Waals surface area contributed by atoms with Gasteiger partial charge in [0.25, 0.3) is 0 Å². The maximum absolute atomic E-state index is 13.1. The number of rotatable bonds is 2. The van der Waals surface area contributed by atoms with Crippen molar-refractivity contribution in [2.24, 2.45) is 5.73 Å². The van der Waals surface area contributed by atoms with Gasteiger partial charge in [-0.05, 0) is 18.6 Å². The van der Waals surface area contributed by atoms with Crippen LogP contribution in [-0.4, -0.2) is 35.3 Å². The number of hydrogen-bond acceptors (Lipinski definition) is 3. The molecule has 0 saturated carbocycles. The van der Waals surface area contributed by atoms with Crippen molar-refractivity contribution in [2.75, 3.05) is 13.6 Å². The third-order valence-corrected chi connectivity index (χ3v) is 3.11. The van der Waals surface area contributed by atoms with Gasteiger partial charge in [0.1, 0.15) is 0 Å². The third-order valence-electron chi connectivity index (χ3n) is 3.11. The number of carbonyl (C=O) groups is 2. The van der Waals surface area contributed by atoms with E-state index in [1.54, 1.807) is 7.05 Å². The lowest BCUT2D eigenvalue weighted by Gasteiger charge is -2.22. The summed E-state index contributed by atoms with van der Waals surface area (Å²) in [6.45, 7) is 0.403. The number of aromatic nitrogens is 1. The highest BCUT2D eigenvalue weighted by molar-refractivity contribution is 6.11. The molecule has 1 atom stereocenters. The van der Waals surface area contributed by atoms with Crippen LogP contribution in [0.5, 0.6) is 0 Å². The summed E-state index contributed by atoms with van der Waals surface area (Å²) in [6, 6.07) is 4.01. The Bertz CT molecular complexity index is 491. The SMILES string of the molecule is CN1CCC(C(N)=O)(c2cccc(F)n2)C1=O. The number of primary amides is 1. The average molecular weight is 237 g/mol. The summed E-state index contributed by atoms with van der Waals surface area (Å²) in [4.78, 5) is 28.7.